The van der Waals surface area contributed by atoms with E-state index >= 15 is 0 Å². The Morgan fingerprint density at radius 2 is 1.86 bits per heavy atom. The average molecular weight is 298 g/mol. The lowest BCUT2D eigenvalue weighted by atomic mass is 10.2. The number of aromatic nitrogens is 2. The molecule has 0 radical (unpaired) electrons. The van der Waals surface area contributed by atoms with Gasteiger partial charge < -0.3 is 4.90 Å². The molecular formula is C16H12ClN3O. The fraction of sp³-hybridized carbons (Fsp3) is 0.0625. The fourth-order valence-corrected chi connectivity index (χ4v) is 2.36. The van der Waals surface area contributed by atoms with Crippen LogP contribution in [0, 0.1) is 0 Å². The SMILES string of the molecule is CN(C(=O)c1cc(Cl)c2ccccc2n1)c1ccncc1. The summed E-state index contributed by atoms with van der Waals surface area (Å²) in [4.78, 5) is 22.4. The molecule has 3 aromatic rings. The molecule has 0 fully saturated rings. The number of carbonyl (C=O) groups is 1. The Balaban J connectivity index is 2.02. The van der Waals surface area contributed by atoms with E-state index in [1.165, 1.54) is 4.90 Å². The van der Waals surface area contributed by atoms with Crippen LogP contribution in [0.1, 0.15) is 10.5 Å². The fourth-order valence-electron chi connectivity index (χ4n) is 2.10. The number of hydrogen-bond donors (Lipinski definition) is 0. The quantitative estimate of drug-likeness (QED) is 0.726. The van der Waals surface area contributed by atoms with Gasteiger partial charge in [-0.15, -0.1) is 0 Å². The van der Waals surface area contributed by atoms with Crippen LogP contribution in [0.25, 0.3) is 10.9 Å². The summed E-state index contributed by atoms with van der Waals surface area (Å²) in [6.07, 6.45) is 3.28. The van der Waals surface area contributed by atoms with Gasteiger partial charge in [0, 0.05) is 30.5 Å². The maximum atomic E-state index is 12.5. The maximum Gasteiger partial charge on any atom is 0.276 e. The zero-order chi connectivity index (χ0) is 14.8. The zero-order valence-electron chi connectivity index (χ0n) is 11.3. The monoisotopic (exact) mass is 297 g/mol. The molecule has 0 N–H and O–H groups in total. The number of anilines is 1. The minimum atomic E-state index is -0.214. The minimum Gasteiger partial charge on any atom is -0.310 e. The van der Waals surface area contributed by atoms with E-state index in [-0.39, 0.29) is 5.91 Å². The molecule has 1 aromatic carbocycles. The molecule has 0 saturated heterocycles. The topological polar surface area (TPSA) is 46.1 Å². The second kappa shape index (κ2) is 5.50. The number of halogens is 1. The van der Waals surface area contributed by atoms with E-state index in [2.05, 4.69) is 9.97 Å². The van der Waals surface area contributed by atoms with Crippen molar-refractivity contribution in [3.63, 3.8) is 0 Å². The van der Waals surface area contributed by atoms with Crippen molar-refractivity contribution in [3.05, 3.63) is 65.6 Å². The predicted molar refractivity (Wildman–Crippen MR) is 83.7 cm³/mol. The van der Waals surface area contributed by atoms with Gasteiger partial charge in [-0.1, -0.05) is 29.8 Å². The highest BCUT2D eigenvalue weighted by Crippen LogP contribution is 2.24. The first-order valence-corrected chi connectivity index (χ1v) is 6.78. The molecule has 0 saturated carbocycles. The first-order chi connectivity index (χ1) is 10.2. The van der Waals surface area contributed by atoms with Gasteiger partial charge in [-0.05, 0) is 24.3 Å². The highest BCUT2D eigenvalue weighted by atomic mass is 35.5. The van der Waals surface area contributed by atoms with Gasteiger partial charge in [-0.25, -0.2) is 4.98 Å². The minimum absolute atomic E-state index is 0.214. The van der Waals surface area contributed by atoms with E-state index < -0.39 is 0 Å². The molecule has 1 amide bonds. The Hall–Kier alpha value is -2.46. The third-order valence-corrected chi connectivity index (χ3v) is 3.55. The molecule has 104 valence electrons. The molecule has 0 bridgehead atoms. The van der Waals surface area contributed by atoms with Crippen LogP contribution in [0.3, 0.4) is 0 Å². The standard InChI is InChI=1S/C16H12ClN3O/c1-20(11-6-8-18-9-7-11)16(21)15-10-13(17)12-4-2-3-5-14(12)19-15/h2-10H,1H3. The van der Waals surface area contributed by atoms with Crippen LogP contribution in [0.4, 0.5) is 5.69 Å². The lowest BCUT2D eigenvalue weighted by Gasteiger charge is -2.17. The van der Waals surface area contributed by atoms with Crippen molar-refractivity contribution in [1.29, 1.82) is 0 Å². The largest absolute Gasteiger partial charge is 0.310 e. The second-order valence-electron chi connectivity index (χ2n) is 4.58. The Bertz CT molecular complexity index is 805. The second-order valence-corrected chi connectivity index (χ2v) is 4.98. The lowest BCUT2D eigenvalue weighted by molar-refractivity contribution is 0.0988. The third kappa shape index (κ3) is 2.58. The Morgan fingerprint density at radius 1 is 1.14 bits per heavy atom. The highest BCUT2D eigenvalue weighted by molar-refractivity contribution is 6.35. The van der Waals surface area contributed by atoms with Crippen LogP contribution < -0.4 is 4.90 Å². The van der Waals surface area contributed by atoms with Crippen LogP contribution in [-0.2, 0) is 0 Å². The normalized spacial score (nSPS) is 10.6. The van der Waals surface area contributed by atoms with Crippen molar-refractivity contribution in [2.45, 2.75) is 0 Å². The molecule has 2 heterocycles. The van der Waals surface area contributed by atoms with Crippen molar-refractivity contribution >= 4 is 34.1 Å². The van der Waals surface area contributed by atoms with E-state index in [0.717, 1.165) is 11.1 Å². The summed E-state index contributed by atoms with van der Waals surface area (Å²) >= 11 is 6.24. The number of amides is 1. The number of benzene rings is 1. The molecule has 4 nitrogen and oxygen atoms in total. The average Bonchev–Trinajstić information content (AvgIpc) is 2.54. The van der Waals surface area contributed by atoms with Crippen LogP contribution in [0.5, 0.6) is 0 Å². The summed E-state index contributed by atoms with van der Waals surface area (Å²) in [5.41, 5.74) is 1.77. The Kier molecular flexibility index (Phi) is 3.54. The molecule has 0 aliphatic carbocycles. The lowest BCUT2D eigenvalue weighted by Crippen LogP contribution is -2.27. The van der Waals surface area contributed by atoms with Gasteiger partial charge in [0.05, 0.1) is 10.5 Å². The van der Waals surface area contributed by atoms with Gasteiger partial charge >= 0.3 is 0 Å². The van der Waals surface area contributed by atoms with Crippen LogP contribution in [0.2, 0.25) is 5.02 Å². The van der Waals surface area contributed by atoms with Gasteiger partial charge in [0.25, 0.3) is 5.91 Å². The number of nitrogens with zero attached hydrogens (tertiary/aromatic N) is 3. The Morgan fingerprint density at radius 3 is 2.62 bits per heavy atom. The number of pyridine rings is 2. The summed E-state index contributed by atoms with van der Waals surface area (Å²) in [7, 11) is 1.70. The van der Waals surface area contributed by atoms with Crippen LogP contribution >= 0.6 is 11.6 Å². The van der Waals surface area contributed by atoms with Crippen LogP contribution in [-0.4, -0.2) is 22.9 Å². The molecule has 0 aliphatic rings. The van der Waals surface area contributed by atoms with Gasteiger partial charge in [0.1, 0.15) is 5.69 Å². The van der Waals surface area contributed by atoms with E-state index in [4.69, 9.17) is 11.6 Å². The van der Waals surface area contributed by atoms with Gasteiger partial charge in [-0.3, -0.25) is 9.78 Å². The third-order valence-electron chi connectivity index (χ3n) is 3.24. The van der Waals surface area contributed by atoms with Gasteiger partial charge in [0.15, 0.2) is 0 Å². The van der Waals surface area contributed by atoms with E-state index in [1.807, 2.05) is 24.3 Å². The molecular weight excluding hydrogens is 286 g/mol. The molecule has 2 aromatic heterocycles. The van der Waals surface area contributed by atoms with Crippen LogP contribution in [0.15, 0.2) is 54.9 Å². The van der Waals surface area contributed by atoms with Crippen molar-refractivity contribution < 1.29 is 4.79 Å². The first kappa shape index (κ1) is 13.5. The molecule has 21 heavy (non-hydrogen) atoms. The van der Waals surface area contributed by atoms with E-state index in [0.29, 0.717) is 16.2 Å². The van der Waals surface area contributed by atoms with Crippen molar-refractivity contribution in [2.75, 3.05) is 11.9 Å². The zero-order valence-corrected chi connectivity index (χ0v) is 12.1. The number of para-hydroxylation sites is 1. The maximum absolute atomic E-state index is 12.5. The summed E-state index contributed by atoms with van der Waals surface area (Å²) in [6.45, 7) is 0. The number of rotatable bonds is 2. The number of fused-ring (bicyclic) bond motifs is 1. The number of hydrogen-bond acceptors (Lipinski definition) is 3. The van der Waals surface area contributed by atoms with Gasteiger partial charge in [0.2, 0.25) is 0 Å². The smallest absolute Gasteiger partial charge is 0.276 e. The first-order valence-electron chi connectivity index (χ1n) is 6.40. The highest BCUT2D eigenvalue weighted by Gasteiger charge is 2.16. The summed E-state index contributed by atoms with van der Waals surface area (Å²) < 4.78 is 0. The molecule has 3 rings (SSSR count). The molecule has 0 unspecified atom stereocenters. The van der Waals surface area contributed by atoms with Crippen molar-refractivity contribution in [3.8, 4) is 0 Å². The summed E-state index contributed by atoms with van der Waals surface area (Å²) in [5.74, 6) is -0.214. The van der Waals surface area contributed by atoms with Crippen molar-refractivity contribution in [1.82, 2.24) is 9.97 Å². The van der Waals surface area contributed by atoms with Gasteiger partial charge in [-0.2, -0.15) is 0 Å². The molecule has 0 aliphatic heterocycles. The summed E-state index contributed by atoms with van der Waals surface area (Å²) in [5, 5.41) is 1.36. The summed E-state index contributed by atoms with van der Waals surface area (Å²) in [6, 6.07) is 12.6. The van der Waals surface area contributed by atoms with Crippen molar-refractivity contribution in [2.24, 2.45) is 0 Å². The molecule has 0 atom stereocenters. The number of carbonyl (C=O) groups excluding carboxylic acids is 1. The Labute approximate surface area is 127 Å². The predicted octanol–water partition coefficient (Wildman–Crippen LogP) is 3.56. The molecule has 0 spiro atoms. The van der Waals surface area contributed by atoms with E-state index in [1.54, 1.807) is 37.6 Å². The molecule has 5 heteroatoms. The van der Waals surface area contributed by atoms with E-state index in [9.17, 15) is 4.79 Å².